The quantitative estimate of drug-likeness (QED) is 0.668. The fraction of sp³-hybridized carbons (Fsp3) is 0.368. The minimum absolute atomic E-state index is 0.163. The van der Waals surface area contributed by atoms with E-state index in [0.717, 1.165) is 5.56 Å². The van der Waals surface area contributed by atoms with Gasteiger partial charge in [0.05, 0.1) is 5.69 Å². The Balaban J connectivity index is 1.84. The lowest BCUT2D eigenvalue weighted by Crippen LogP contribution is -2.57. The lowest BCUT2D eigenvalue weighted by Gasteiger charge is -2.34. The van der Waals surface area contributed by atoms with Gasteiger partial charge in [0.1, 0.15) is 11.9 Å². The molecule has 2 aromatic rings. The first kappa shape index (κ1) is 19.6. The summed E-state index contributed by atoms with van der Waals surface area (Å²) >= 11 is 0. The van der Waals surface area contributed by atoms with Crippen LogP contribution in [0.25, 0.3) is 11.3 Å². The van der Waals surface area contributed by atoms with Gasteiger partial charge in [0.25, 0.3) is 5.91 Å². The largest absolute Gasteiger partial charge is 0.396 e. The van der Waals surface area contributed by atoms with Crippen molar-refractivity contribution in [1.29, 1.82) is 0 Å². The maximum absolute atomic E-state index is 12.9. The number of nitrogens with zero attached hydrogens (tertiary/aromatic N) is 4. The molecule has 148 valence electrons. The van der Waals surface area contributed by atoms with Crippen LogP contribution in [-0.4, -0.2) is 71.6 Å². The number of hydrogen-bond donors (Lipinski definition) is 3. The van der Waals surface area contributed by atoms with E-state index < -0.39 is 6.04 Å². The van der Waals surface area contributed by atoms with E-state index in [9.17, 15) is 14.7 Å². The van der Waals surface area contributed by atoms with Crippen LogP contribution >= 0.6 is 0 Å². The second kappa shape index (κ2) is 8.22. The van der Waals surface area contributed by atoms with E-state index in [1.54, 1.807) is 35.2 Å². The minimum Gasteiger partial charge on any atom is -0.396 e. The van der Waals surface area contributed by atoms with Crippen LogP contribution in [0, 0.1) is 0 Å². The van der Waals surface area contributed by atoms with Gasteiger partial charge in [-0.05, 0) is 18.6 Å². The van der Waals surface area contributed by atoms with Gasteiger partial charge in [-0.3, -0.25) is 9.59 Å². The standard InChI is InChI=1S/C19H24N6O3/c1-24(2)19-22-14(11-16(20)23-19)12-3-5-13(6-4-12)18(28)25-9-8-21-17(27)15(25)7-10-26/h3-6,11,15,26H,7-10H2,1-2H3,(H,21,27)(H2,20,22,23)/t15-/m0/s1. The summed E-state index contributed by atoms with van der Waals surface area (Å²) in [5.74, 6) is 0.385. The molecule has 1 aliphatic heterocycles. The molecule has 28 heavy (non-hydrogen) atoms. The molecule has 1 aliphatic rings. The summed E-state index contributed by atoms with van der Waals surface area (Å²) in [6.07, 6.45) is 0.211. The van der Waals surface area contributed by atoms with Gasteiger partial charge in [-0.1, -0.05) is 12.1 Å². The number of hydrogen-bond acceptors (Lipinski definition) is 7. The summed E-state index contributed by atoms with van der Waals surface area (Å²) in [7, 11) is 3.66. The van der Waals surface area contributed by atoms with Crippen molar-refractivity contribution in [3.05, 3.63) is 35.9 Å². The van der Waals surface area contributed by atoms with Crippen LogP contribution in [0.15, 0.2) is 30.3 Å². The molecule has 1 aromatic carbocycles. The molecule has 1 aromatic heterocycles. The molecule has 4 N–H and O–H groups in total. The number of aromatic nitrogens is 2. The van der Waals surface area contributed by atoms with Crippen LogP contribution in [0.5, 0.6) is 0 Å². The summed E-state index contributed by atoms with van der Waals surface area (Å²) in [6, 6.07) is 8.01. The molecule has 3 rings (SSSR count). The molecule has 0 saturated carbocycles. The third-order valence-electron chi connectivity index (χ3n) is 4.56. The zero-order chi connectivity index (χ0) is 20.3. The van der Waals surface area contributed by atoms with Gasteiger partial charge in [0.2, 0.25) is 11.9 Å². The number of aliphatic hydroxyl groups is 1. The highest BCUT2D eigenvalue weighted by molar-refractivity contribution is 5.98. The Morgan fingerprint density at radius 3 is 2.68 bits per heavy atom. The summed E-state index contributed by atoms with van der Waals surface area (Å²) in [5, 5.41) is 11.9. The Bertz CT molecular complexity index is 868. The molecule has 0 radical (unpaired) electrons. The predicted molar refractivity (Wildman–Crippen MR) is 106 cm³/mol. The van der Waals surface area contributed by atoms with Crippen LogP contribution in [0.2, 0.25) is 0 Å². The van der Waals surface area contributed by atoms with Crippen LogP contribution < -0.4 is 16.0 Å². The van der Waals surface area contributed by atoms with Crippen LogP contribution in [0.4, 0.5) is 11.8 Å². The molecule has 0 aliphatic carbocycles. The molecule has 9 nitrogen and oxygen atoms in total. The number of nitrogen functional groups attached to an aromatic ring is 1. The summed E-state index contributed by atoms with van der Waals surface area (Å²) in [5.41, 5.74) is 7.80. The molecular formula is C19H24N6O3. The predicted octanol–water partition coefficient (Wildman–Crippen LogP) is 0.115. The van der Waals surface area contributed by atoms with Crippen molar-refractivity contribution in [2.45, 2.75) is 12.5 Å². The first-order chi connectivity index (χ1) is 13.4. The number of benzene rings is 1. The number of carbonyl (C=O) groups excluding carboxylic acids is 2. The number of nitrogens with one attached hydrogen (secondary N) is 1. The molecule has 0 unspecified atom stereocenters. The molecule has 9 heteroatoms. The molecule has 0 spiro atoms. The number of aliphatic hydroxyl groups excluding tert-OH is 1. The average molecular weight is 384 g/mol. The third kappa shape index (κ3) is 4.04. The number of piperazine rings is 1. The maximum atomic E-state index is 12.9. The minimum atomic E-state index is -0.657. The Hall–Kier alpha value is -3.20. The Labute approximate surface area is 163 Å². The van der Waals surface area contributed by atoms with Crippen molar-refractivity contribution < 1.29 is 14.7 Å². The average Bonchev–Trinajstić information content (AvgIpc) is 2.68. The highest BCUT2D eigenvalue weighted by Crippen LogP contribution is 2.23. The van der Waals surface area contributed by atoms with E-state index in [0.29, 0.717) is 36.1 Å². The zero-order valence-corrected chi connectivity index (χ0v) is 15.9. The number of anilines is 2. The van der Waals surface area contributed by atoms with Gasteiger partial charge in [0, 0.05) is 51.0 Å². The molecular weight excluding hydrogens is 360 g/mol. The maximum Gasteiger partial charge on any atom is 0.254 e. The lowest BCUT2D eigenvalue weighted by atomic mass is 10.0. The first-order valence-corrected chi connectivity index (χ1v) is 9.02. The van der Waals surface area contributed by atoms with Gasteiger partial charge in [-0.25, -0.2) is 4.98 Å². The topological polar surface area (TPSA) is 125 Å². The van der Waals surface area contributed by atoms with E-state index in [1.807, 2.05) is 14.1 Å². The zero-order valence-electron chi connectivity index (χ0n) is 15.9. The first-order valence-electron chi connectivity index (χ1n) is 9.02. The fourth-order valence-corrected chi connectivity index (χ4v) is 3.12. The van der Waals surface area contributed by atoms with E-state index in [-0.39, 0.29) is 24.8 Å². The number of carbonyl (C=O) groups is 2. The Kier molecular flexibility index (Phi) is 5.74. The summed E-state index contributed by atoms with van der Waals surface area (Å²) in [6.45, 7) is 0.647. The Morgan fingerprint density at radius 1 is 1.32 bits per heavy atom. The van der Waals surface area contributed by atoms with Crippen molar-refractivity contribution >= 4 is 23.6 Å². The van der Waals surface area contributed by atoms with E-state index >= 15 is 0 Å². The van der Waals surface area contributed by atoms with Crippen molar-refractivity contribution in [2.75, 3.05) is 44.4 Å². The molecule has 1 saturated heterocycles. The van der Waals surface area contributed by atoms with E-state index in [2.05, 4.69) is 15.3 Å². The van der Waals surface area contributed by atoms with Crippen LogP contribution in [0.3, 0.4) is 0 Å². The highest BCUT2D eigenvalue weighted by atomic mass is 16.3. The number of amides is 2. The molecule has 1 fully saturated rings. The third-order valence-corrected chi connectivity index (χ3v) is 4.56. The van der Waals surface area contributed by atoms with Crippen molar-refractivity contribution in [3.8, 4) is 11.3 Å². The lowest BCUT2D eigenvalue weighted by molar-refractivity contribution is -0.128. The van der Waals surface area contributed by atoms with Gasteiger partial charge in [-0.15, -0.1) is 0 Å². The highest BCUT2D eigenvalue weighted by Gasteiger charge is 2.32. The van der Waals surface area contributed by atoms with Crippen LogP contribution in [0.1, 0.15) is 16.8 Å². The van der Waals surface area contributed by atoms with E-state index in [4.69, 9.17) is 5.73 Å². The number of nitrogens with two attached hydrogens (primary N) is 1. The molecule has 0 bridgehead atoms. The van der Waals surface area contributed by atoms with Gasteiger partial charge in [0.15, 0.2) is 0 Å². The SMILES string of the molecule is CN(C)c1nc(N)cc(-c2ccc(C(=O)N3CCNC(=O)[C@@H]3CCO)cc2)n1. The molecule has 1 atom stereocenters. The van der Waals surface area contributed by atoms with Gasteiger partial charge in [-0.2, -0.15) is 4.98 Å². The summed E-state index contributed by atoms with van der Waals surface area (Å²) < 4.78 is 0. The van der Waals surface area contributed by atoms with Crippen LogP contribution in [-0.2, 0) is 4.79 Å². The van der Waals surface area contributed by atoms with Gasteiger partial charge >= 0.3 is 0 Å². The van der Waals surface area contributed by atoms with Crippen molar-refractivity contribution in [3.63, 3.8) is 0 Å². The monoisotopic (exact) mass is 384 g/mol. The second-order valence-corrected chi connectivity index (χ2v) is 6.77. The number of rotatable bonds is 5. The Morgan fingerprint density at radius 2 is 2.04 bits per heavy atom. The molecule has 2 heterocycles. The van der Waals surface area contributed by atoms with Crippen molar-refractivity contribution in [2.24, 2.45) is 0 Å². The van der Waals surface area contributed by atoms with Crippen molar-refractivity contribution in [1.82, 2.24) is 20.2 Å². The smallest absolute Gasteiger partial charge is 0.254 e. The second-order valence-electron chi connectivity index (χ2n) is 6.77. The van der Waals surface area contributed by atoms with E-state index in [1.165, 1.54) is 4.90 Å². The normalized spacial score (nSPS) is 16.6. The van der Waals surface area contributed by atoms with Gasteiger partial charge < -0.3 is 26.0 Å². The fourth-order valence-electron chi connectivity index (χ4n) is 3.12. The molecule has 2 amide bonds. The summed E-state index contributed by atoms with van der Waals surface area (Å²) in [4.78, 5) is 36.9.